The van der Waals surface area contributed by atoms with Crippen molar-refractivity contribution in [3.05, 3.63) is 168 Å². The van der Waals surface area contributed by atoms with Gasteiger partial charge in [0.05, 0.1) is 35.7 Å². The van der Waals surface area contributed by atoms with Crippen molar-refractivity contribution >= 4 is 47.1 Å². The molecule has 0 aliphatic rings. The number of rotatable bonds is 18. The summed E-state index contributed by atoms with van der Waals surface area (Å²) in [6.07, 6.45) is 7.63. The molecule has 0 saturated heterocycles. The summed E-state index contributed by atoms with van der Waals surface area (Å²) in [4.78, 5) is 34.3. The third-order valence-electron chi connectivity index (χ3n) is 8.64. The van der Waals surface area contributed by atoms with Crippen molar-refractivity contribution in [3.8, 4) is 23.0 Å². The van der Waals surface area contributed by atoms with Crippen LogP contribution in [0.25, 0.3) is 0 Å². The molecule has 0 atom stereocenters. The molecule has 0 bridgehead atoms. The summed E-state index contributed by atoms with van der Waals surface area (Å²) in [5.74, 6) is 1.52. The molecule has 0 amide bonds. The normalized spacial score (nSPS) is 11.1. The molecular weight excluding hydrogens is 715 g/mol. The first kappa shape index (κ1) is 39.7. The number of nitrogens with one attached hydrogen (secondary N) is 1. The fraction of sp³-hybridized carbons (Fsp3) is 0.167. The van der Waals surface area contributed by atoms with E-state index in [1.807, 2.05) is 72.8 Å². The number of hydrogen-bond donors (Lipinski definition) is 1. The van der Waals surface area contributed by atoms with Crippen LogP contribution in [0.3, 0.4) is 0 Å². The second-order valence-corrected chi connectivity index (χ2v) is 13.1. The minimum Gasteiger partial charge on any atom is -0.494 e. The molecule has 6 aromatic rings. The lowest BCUT2D eigenvalue weighted by Gasteiger charge is -2.07. The minimum absolute atomic E-state index is 0.428. The van der Waals surface area contributed by atoms with E-state index in [0.717, 1.165) is 71.1 Å². The maximum atomic E-state index is 12.6. The summed E-state index contributed by atoms with van der Waals surface area (Å²) < 4.78 is 22.4. The minimum atomic E-state index is -0.428. The molecule has 9 nitrogen and oxygen atoms in total. The predicted molar refractivity (Wildman–Crippen MR) is 227 cm³/mol. The fourth-order valence-corrected chi connectivity index (χ4v) is 5.35. The zero-order valence-corrected chi connectivity index (χ0v) is 32.1. The summed E-state index contributed by atoms with van der Waals surface area (Å²) in [5, 5.41) is 3.40. The van der Waals surface area contributed by atoms with Crippen molar-refractivity contribution in [1.29, 1.82) is 0 Å². The van der Waals surface area contributed by atoms with E-state index in [1.165, 1.54) is 0 Å². The first-order valence-corrected chi connectivity index (χ1v) is 19.1. The molecule has 0 heterocycles. The van der Waals surface area contributed by atoms with Gasteiger partial charge in [0.1, 0.15) is 23.0 Å². The van der Waals surface area contributed by atoms with Crippen LogP contribution >= 0.6 is 0 Å². The summed E-state index contributed by atoms with van der Waals surface area (Å²) in [6.45, 7) is 5.53. The number of hydrogen-bond acceptors (Lipinski definition) is 9. The topological polar surface area (TPSA) is 108 Å². The SMILES string of the molecule is CCCCOc1ccc(C(=O)Oc2ccc(C=Nc3ccc(Nc4ccc(N=Cc5ccc(OC(=O)c6ccc(OCCCC)cc6)cc5)cc4)cc3)cc2)cc1. The van der Waals surface area contributed by atoms with Crippen LogP contribution in [0.4, 0.5) is 22.7 Å². The van der Waals surface area contributed by atoms with Crippen molar-refractivity contribution < 1.29 is 28.5 Å². The molecule has 6 aromatic carbocycles. The highest BCUT2D eigenvalue weighted by atomic mass is 16.5. The summed E-state index contributed by atoms with van der Waals surface area (Å²) in [6, 6.07) is 43.9. The van der Waals surface area contributed by atoms with E-state index in [1.54, 1.807) is 85.2 Å². The van der Waals surface area contributed by atoms with E-state index in [2.05, 4.69) is 29.1 Å². The number of anilines is 2. The van der Waals surface area contributed by atoms with Gasteiger partial charge in [-0.1, -0.05) is 26.7 Å². The van der Waals surface area contributed by atoms with Crippen LogP contribution in [0.1, 0.15) is 71.4 Å². The van der Waals surface area contributed by atoms with E-state index in [9.17, 15) is 9.59 Å². The Bertz CT molecular complexity index is 2070. The largest absolute Gasteiger partial charge is 0.494 e. The van der Waals surface area contributed by atoms with Gasteiger partial charge < -0.3 is 24.3 Å². The van der Waals surface area contributed by atoms with Gasteiger partial charge in [0.25, 0.3) is 0 Å². The second-order valence-electron chi connectivity index (χ2n) is 13.1. The lowest BCUT2D eigenvalue weighted by Crippen LogP contribution is -2.08. The molecule has 9 heteroatoms. The van der Waals surface area contributed by atoms with Crippen LogP contribution in [0.2, 0.25) is 0 Å². The molecule has 1 N–H and O–H groups in total. The average Bonchev–Trinajstić information content (AvgIpc) is 3.25. The zero-order valence-electron chi connectivity index (χ0n) is 32.1. The first-order chi connectivity index (χ1) is 27.9. The van der Waals surface area contributed by atoms with Gasteiger partial charge in [0.15, 0.2) is 0 Å². The first-order valence-electron chi connectivity index (χ1n) is 19.1. The van der Waals surface area contributed by atoms with Crippen molar-refractivity contribution in [2.24, 2.45) is 9.98 Å². The van der Waals surface area contributed by atoms with Crippen molar-refractivity contribution in [3.63, 3.8) is 0 Å². The Morgan fingerprint density at radius 3 is 1.18 bits per heavy atom. The molecule has 0 radical (unpaired) electrons. The van der Waals surface area contributed by atoms with Crippen LogP contribution in [0, 0.1) is 0 Å². The predicted octanol–water partition coefficient (Wildman–Crippen LogP) is 11.7. The molecule has 0 spiro atoms. The van der Waals surface area contributed by atoms with Gasteiger partial charge in [-0.25, -0.2) is 9.59 Å². The quantitative estimate of drug-likeness (QED) is 0.0402. The number of esters is 2. The molecule has 0 aliphatic heterocycles. The Hall–Kier alpha value is -7.00. The molecule has 6 rings (SSSR count). The zero-order chi connectivity index (χ0) is 39.7. The Morgan fingerprint density at radius 1 is 0.474 bits per heavy atom. The number of carbonyl (C=O) groups excluding carboxylic acids is 2. The van der Waals surface area contributed by atoms with Gasteiger partial charge >= 0.3 is 11.9 Å². The van der Waals surface area contributed by atoms with Gasteiger partial charge in [-0.15, -0.1) is 0 Å². The molecule has 0 unspecified atom stereocenters. The van der Waals surface area contributed by atoms with Crippen molar-refractivity contribution in [2.45, 2.75) is 39.5 Å². The van der Waals surface area contributed by atoms with Gasteiger partial charge in [-0.05, 0) is 170 Å². The van der Waals surface area contributed by atoms with Gasteiger partial charge in [0, 0.05) is 23.8 Å². The molecular formula is C48H45N3O6. The van der Waals surface area contributed by atoms with E-state index >= 15 is 0 Å². The number of ether oxygens (including phenoxy) is 4. The number of unbranched alkanes of at least 4 members (excludes halogenated alkanes) is 2. The lowest BCUT2D eigenvalue weighted by atomic mass is 10.2. The lowest BCUT2D eigenvalue weighted by molar-refractivity contribution is 0.0725. The monoisotopic (exact) mass is 759 g/mol. The fourth-order valence-electron chi connectivity index (χ4n) is 5.35. The van der Waals surface area contributed by atoms with Crippen LogP contribution in [0.5, 0.6) is 23.0 Å². The van der Waals surface area contributed by atoms with Crippen LogP contribution < -0.4 is 24.3 Å². The van der Waals surface area contributed by atoms with E-state index in [4.69, 9.17) is 18.9 Å². The standard InChI is InChI=1S/C48H45N3O6/c1-3-5-31-54-43-27-11-37(12-28-43)47(52)56-45-23-7-35(8-24-45)33-49-39-15-19-41(20-16-39)51-42-21-17-40(18-22-42)50-34-36-9-25-46(26-10-36)57-48(53)38-13-29-44(30-14-38)55-32-6-4-2/h7-30,33-34,51H,3-6,31-32H2,1-2H3. The third kappa shape index (κ3) is 12.5. The molecule has 0 fully saturated rings. The Kier molecular flexibility index (Phi) is 14.4. The maximum absolute atomic E-state index is 12.6. The highest BCUT2D eigenvalue weighted by Crippen LogP contribution is 2.24. The number of benzene rings is 6. The molecule has 0 aliphatic carbocycles. The van der Waals surface area contributed by atoms with Gasteiger partial charge in [0.2, 0.25) is 0 Å². The van der Waals surface area contributed by atoms with Gasteiger partial charge in [-0.2, -0.15) is 0 Å². The molecule has 288 valence electrons. The molecule has 0 saturated carbocycles. The summed E-state index contributed by atoms with van der Waals surface area (Å²) in [7, 11) is 0. The number of aliphatic imine (C=N–C) groups is 2. The molecule has 57 heavy (non-hydrogen) atoms. The van der Waals surface area contributed by atoms with Crippen LogP contribution in [-0.4, -0.2) is 37.6 Å². The Labute approximate surface area is 333 Å². The van der Waals surface area contributed by atoms with E-state index in [-0.39, 0.29) is 0 Å². The second kappa shape index (κ2) is 20.6. The summed E-state index contributed by atoms with van der Waals surface area (Å²) in [5.41, 5.74) is 6.10. The molecule has 0 aromatic heterocycles. The third-order valence-corrected chi connectivity index (χ3v) is 8.64. The van der Waals surface area contributed by atoms with Crippen LogP contribution in [-0.2, 0) is 0 Å². The van der Waals surface area contributed by atoms with Crippen molar-refractivity contribution in [2.75, 3.05) is 18.5 Å². The Balaban J connectivity index is 0.932. The highest BCUT2D eigenvalue weighted by Gasteiger charge is 2.10. The van der Waals surface area contributed by atoms with Crippen LogP contribution in [0.15, 0.2) is 156 Å². The Morgan fingerprint density at radius 2 is 0.825 bits per heavy atom. The summed E-state index contributed by atoms with van der Waals surface area (Å²) >= 11 is 0. The smallest absolute Gasteiger partial charge is 0.343 e. The van der Waals surface area contributed by atoms with E-state index in [0.29, 0.717) is 35.8 Å². The number of nitrogens with zero attached hydrogens (tertiary/aromatic N) is 2. The number of carbonyl (C=O) groups is 2. The van der Waals surface area contributed by atoms with Crippen molar-refractivity contribution in [1.82, 2.24) is 0 Å². The van der Waals surface area contributed by atoms with E-state index < -0.39 is 11.9 Å². The average molecular weight is 760 g/mol. The highest BCUT2D eigenvalue weighted by molar-refractivity contribution is 5.92. The maximum Gasteiger partial charge on any atom is 0.343 e. The van der Waals surface area contributed by atoms with Gasteiger partial charge in [-0.3, -0.25) is 9.98 Å².